The molecule has 1 aromatic rings. The Kier molecular flexibility index (Phi) is 3.11. The van der Waals surface area contributed by atoms with Gasteiger partial charge in [0, 0.05) is 31.7 Å². The molecule has 2 saturated heterocycles. The van der Waals surface area contributed by atoms with Crippen LogP contribution in [0.5, 0.6) is 0 Å². The van der Waals surface area contributed by atoms with E-state index in [0.717, 1.165) is 45.3 Å². The van der Waals surface area contributed by atoms with E-state index in [1.54, 1.807) is 0 Å². The molecular formula is C13H19N3OS. The van der Waals surface area contributed by atoms with Crippen molar-refractivity contribution >= 4 is 17.4 Å². The molecule has 1 spiro atoms. The number of nitrogens with zero attached hydrogens (tertiary/aromatic N) is 3. The van der Waals surface area contributed by atoms with Gasteiger partial charge in [-0.15, -0.1) is 0 Å². The molecule has 0 radical (unpaired) electrons. The lowest BCUT2D eigenvalue weighted by Crippen LogP contribution is -2.58. The summed E-state index contributed by atoms with van der Waals surface area (Å²) in [7, 11) is 1.94. The topological polar surface area (TPSA) is 36.4 Å². The van der Waals surface area contributed by atoms with Crippen molar-refractivity contribution in [3.05, 3.63) is 17.1 Å². The molecule has 0 bridgehead atoms. The second kappa shape index (κ2) is 4.63. The number of aromatic nitrogens is 1. The first kappa shape index (κ1) is 12.1. The molecule has 98 valence electrons. The lowest BCUT2D eigenvalue weighted by atomic mass is 9.85. The van der Waals surface area contributed by atoms with E-state index in [9.17, 15) is 4.79 Å². The van der Waals surface area contributed by atoms with E-state index in [0.29, 0.717) is 5.91 Å². The molecule has 4 nitrogen and oxygen atoms in total. The van der Waals surface area contributed by atoms with Gasteiger partial charge < -0.3 is 4.90 Å². The van der Waals surface area contributed by atoms with Crippen LogP contribution in [0.25, 0.3) is 0 Å². The average molecular weight is 265 g/mol. The maximum absolute atomic E-state index is 12.6. The zero-order valence-electron chi connectivity index (χ0n) is 10.8. The summed E-state index contributed by atoms with van der Waals surface area (Å²) in [6.07, 6.45) is 6.23. The maximum atomic E-state index is 12.6. The molecule has 5 heteroatoms. The zero-order valence-corrected chi connectivity index (χ0v) is 11.6. The van der Waals surface area contributed by atoms with Crippen molar-refractivity contribution in [1.82, 2.24) is 14.2 Å². The maximum Gasteiger partial charge on any atom is 0.242 e. The van der Waals surface area contributed by atoms with Crippen LogP contribution in [-0.2, 0) is 11.3 Å². The number of carbonyl (C=O) groups excluding carboxylic acids is 1. The Morgan fingerprint density at radius 2 is 2.17 bits per heavy atom. The van der Waals surface area contributed by atoms with Crippen LogP contribution in [0.15, 0.2) is 11.6 Å². The van der Waals surface area contributed by atoms with E-state index in [-0.39, 0.29) is 5.54 Å². The Morgan fingerprint density at radius 1 is 1.39 bits per heavy atom. The third-order valence-electron chi connectivity index (χ3n) is 4.31. The highest BCUT2D eigenvalue weighted by molar-refractivity contribution is 7.03. The van der Waals surface area contributed by atoms with Gasteiger partial charge in [0.15, 0.2) is 0 Å². The van der Waals surface area contributed by atoms with Gasteiger partial charge in [0.1, 0.15) is 5.54 Å². The van der Waals surface area contributed by atoms with Crippen molar-refractivity contribution in [2.75, 3.05) is 20.1 Å². The molecule has 2 aliphatic rings. The minimum atomic E-state index is -0.213. The number of likely N-dealkylation sites (tertiary alicyclic amines) is 2. The fraction of sp³-hybridized carbons (Fsp3) is 0.692. The number of hydrogen-bond acceptors (Lipinski definition) is 4. The minimum Gasteiger partial charge on any atom is -0.344 e. The Hall–Kier alpha value is -0.940. The second-order valence-electron chi connectivity index (χ2n) is 5.42. The van der Waals surface area contributed by atoms with Crippen LogP contribution in [0.4, 0.5) is 0 Å². The fourth-order valence-electron chi connectivity index (χ4n) is 3.39. The van der Waals surface area contributed by atoms with Crippen molar-refractivity contribution in [1.29, 1.82) is 0 Å². The van der Waals surface area contributed by atoms with Gasteiger partial charge in [0.2, 0.25) is 5.91 Å². The van der Waals surface area contributed by atoms with Gasteiger partial charge in [0.05, 0.1) is 0 Å². The molecule has 0 N–H and O–H groups in total. The first-order chi connectivity index (χ1) is 8.72. The van der Waals surface area contributed by atoms with Crippen LogP contribution in [-0.4, -0.2) is 45.8 Å². The fourth-order valence-corrected chi connectivity index (χ4v) is 3.92. The average Bonchev–Trinajstić information content (AvgIpc) is 2.98. The van der Waals surface area contributed by atoms with Gasteiger partial charge in [-0.05, 0) is 49.3 Å². The molecule has 3 rings (SSSR count). The molecule has 2 aliphatic heterocycles. The van der Waals surface area contributed by atoms with E-state index in [1.807, 2.05) is 18.1 Å². The molecule has 1 atom stereocenters. The number of piperidine rings is 1. The minimum absolute atomic E-state index is 0.213. The number of likely N-dealkylation sites (N-methyl/N-ethyl adjacent to an activating group) is 1. The predicted molar refractivity (Wildman–Crippen MR) is 71.4 cm³/mol. The third kappa shape index (κ3) is 1.86. The number of carbonyl (C=O) groups is 1. The predicted octanol–water partition coefficient (Wildman–Crippen LogP) is 1.73. The Balaban J connectivity index is 1.83. The molecular weight excluding hydrogens is 246 g/mol. The van der Waals surface area contributed by atoms with Crippen molar-refractivity contribution in [3.8, 4) is 0 Å². The summed E-state index contributed by atoms with van der Waals surface area (Å²) in [5.74, 6) is 0.328. The summed E-state index contributed by atoms with van der Waals surface area (Å²) >= 11 is 1.49. The van der Waals surface area contributed by atoms with E-state index >= 15 is 0 Å². The van der Waals surface area contributed by atoms with Crippen LogP contribution in [0.2, 0.25) is 0 Å². The van der Waals surface area contributed by atoms with Crippen LogP contribution < -0.4 is 0 Å². The van der Waals surface area contributed by atoms with E-state index in [2.05, 4.69) is 14.7 Å². The van der Waals surface area contributed by atoms with Gasteiger partial charge >= 0.3 is 0 Å². The normalized spacial score (nSPS) is 29.4. The molecule has 0 aromatic carbocycles. The summed E-state index contributed by atoms with van der Waals surface area (Å²) < 4.78 is 4.15. The quantitative estimate of drug-likeness (QED) is 0.817. The first-order valence-electron chi connectivity index (χ1n) is 6.61. The first-order valence-corrected chi connectivity index (χ1v) is 7.45. The Bertz CT molecular complexity index is 433. The van der Waals surface area contributed by atoms with Crippen LogP contribution in [0, 0.1) is 0 Å². The highest BCUT2D eigenvalue weighted by Crippen LogP contribution is 2.38. The van der Waals surface area contributed by atoms with Crippen molar-refractivity contribution < 1.29 is 4.79 Å². The number of hydrogen-bond donors (Lipinski definition) is 0. The summed E-state index contributed by atoms with van der Waals surface area (Å²) in [4.78, 5) is 16.9. The monoisotopic (exact) mass is 265 g/mol. The molecule has 3 heterocycles. The van der Waals surface area contributed by atoms with Gasteiger partial charge in [-0.3, -0.25) is 9.69 Å². The van der Waals surface area contributed by atoms with Gasteiger partial charge in [0.25, 0.3) is 0 Å². The molecule has 2 fully saturated rings. The second-order valence-corrected chi connectivity index (χ2v) is 6.08. The van der Waals surface area contributed by atoms with Crippen molar-refractivity contribution in [3.63, 3.8) is 0 Å². The SMILES string of the molecule is CN1CCCC2(CCCN2Cc2cnsc2)C1=O. The largest absolute Gasteiger partial charge is 0.344 e. The summed E-state index contributed by atoms with van der Waals surface area (Å²) in [6.45, 7) is 2.82. The van der Waals surface area contributed by atoms with Crippen molar-refractivity contribution in [2.24, 2.45) is 0 Å². The number of rotatable bonds is 2. The van der Waals surface area contributed by atoms with Crippen LogP contribution >= 0.6 is 11.5 Å². The lowest BCUT2D eigenvalue weighted by Gasteiger charge is -2.43. The lowest BCUT2D eigenvalue weighted by molar-refractivity contribution is -0.146. The van der Waals surface area contributed by atoms with Crippen LogP contribution in [0.3, 0.4) is 0 Å². The van der Waals surface area contributed by atoms with Gasteiger partial charge in [-0.1, -0.05) is 0 Å². The molecule has 0 aliphatic carbocycles. The van der Waals surface area contributed by atoms with Gasteiger partial charge in [-0.25, -0.2) is 4.37 Å². The Morgan fingerprint density at radius 3 is 2.89 bits per heavy atom. The van der Waals surface area contributed by atoms with Crippen molar-refractivity contribution in [2.45, 2.75) is 37.8 Å². The van der Waals surface area contributed by atoms with E-state index in [4.69, 9.17) is 0 Å². The highest BCUT2D eigenvalue weighted by atomic mass is 32.1. The third-order valence-corrected chi connectivity index (χ3v) is 4.94. The highest BCUT2D eigenvalue weighted by Gasteiger charge is 2.49. The van der Waals surface area contributed by atoms with E-state index in [1.165, 1.54) is 17.1 Å². The summed E-state index contributed by atoms with van der Waals surface area (Å²) in [5, 5.41) is 2.09. The molecule has 1 aromatic heterocycles. The smallest absolute Gasteiger partial charge is 0.242 e. The molecule has 0 saturated carbocycles. The summed E-state index contributed by atoms with van der Waals surface area (Å²) in [6, 6.07) is 0. The van der Waals surface area contributed by atoms with Gasteiger partial charge in [-0.2, -0.15) is 0 Å². The Labute approximate surface area is 112 Å². The molecule has 18 heavy (non-hydrogen) atoms. The number of amides is 1. The standard InChI is InChI=1S/C13H19N3OS/c1-15-6-2-4-13(12(15)17)5-3-7-16(13)9-11-8-14-18-10-11/h8,10H,2-7,9H2,1H3. The summed E-state index contributed by atoms with van der Waals surface area (Å²) in [5.41, 5.74) is 1.02. The zero-order chi connectivity index (χ0) is 12.6. The molecule has 1 unspecified atom stereocenters. The molecule has 1 amide bonds. The van der Waals surface area contributed by atoms with E-state index < -0.39 is 0 Å². The van der Waals surface area contributed by atoms with Crippen LogP contribution in [0.1, 0.15) is 31.2 Å².